The highest BCUT2D eigenvalue weighted by Gasteiger charge is 2.33. The Bertz CT molecular complexity index is 599. The van der Waals surface area contributed by atoms with E-state index in [-0.39, 0.29) is 17.2 Å². The molecule has 0 unspecified atom stereocenters. The van der Waals surface area contributed by atoms with Gasteiger partial charge < -0.3 is 10.5 Å². The number of nitrogens with two attached hydrogens (primary N) is 1. The lowest BCUT2D eigenvalue weighted by molar-refractivity contribution is -0.137. The molecule has 0 aliphatic heterocycles. The summed E-state index contributed by atoms with van der Waals surface area (Å²) in [6.45, 7) is 0. The summed E-state index contributed by atoms with van der Waals surface area (Å²) in [5.74, 6) is 0.302. The highest BCUT2D eigenvalue weighted by atomic mass is 35.5. The van der Waals surface area contributed by atoms with Crippen LogP contribution < -0.4 is 10.5 Å². The fraction of sp³-hybridized carbons (Fsp3) is 0.0769. The molecular formula is C13H9ClF3NO. The van der Waals surface area contributed by atoms with E-state index in [0.29, 0.717) is 5.02 Å². The minimum atomic E-state index is -4.52. The Morgan fingerprint density at radius 1 is 1.05 bits per heavy atom. The van der Waals surface area contributed by atoms with Crippen LogP contribution in [0.5, 0.6) is 11.5 Å². The number of anilines is 1. The fourth-order valence-corrected chi connectivity index (χ4v) is 1.67. The molecule has 0 radical (unpaired) electrons. The standard InChI is InChI=1S/C13H9ClF3NO/c14-10-3-1-2-4-12(10)19-8-5-6-11(18)9(7-8)13(15,16)17/h1-7H,18H2. The van der Waals surface area contributed by atoms with Crippen LogP contribution in [0.1, 0.15) is 5.56 Å². The quantitative estimate of drug-likeness (QED) is 0.810. The third kappa shape index (κ3) is 3.12. The van der Waals surface area contributed by atoms with E-state index in [0.717, 1.165) is 12.1 Å². The molecule has 2 aromatic carbocycles. The van der Waals surface area contributed by atoms with Gasteiger partial charge in [-0.1, -0.05) is 23.7 Å². The van der Waals surface area contributed by atoms with Gasteiger partial charge in [0.25, 0.3) is 0 Å². The number of benzene rings is 2. The van der Waals surface area contributed by atoms with Gasteiger partial charge in [0.2, 0.25) is 0 Å². The molecule has 0 aliphatic carbocycles. The lowest BCUT2D eigenvalue weighted by Crippen LogP contribution is -2.08. The highest BCUT2D eigenvalue weighted by Crippen LogP contribution is 2.37. The number of alkyl halides is 3. The van der Waals surface area contributed by atoms with Crippen molar-refractivity contribution in [2.75, 3.05) is 5.73 Å². The van der Waals surface area contributed by atoms with Gasteiger partial charge in [-0.25, -0.2) is 0 Å². The third-order valence-electron chi connectivity index (χ3n) is 2.39. The number of hydrogen-bond acceptors (Lipinski definition) is 2. The maximum atomic E-state index is 12.7. The number of para-hydroxylation sites is 1. The summed E-state index contributed by atoms with van der Waals surface area (Å²) in [5.41, 5.74) is 4.02. The average molecular weight is 288 g/mol. The molecule has 0 fully saturated rings. The zero-order chi connectivity index (χ0) is 14.0. The Labute approximate surface area is 112 Å². The number of hydrogen-bond donors (Lipinski definition) is 1. The van der Waals surface area contributed by atoms with Gasteiger partial charge >= 0.3 is 6.18 Å². The van der Waals surface area contributed by atoms with E-state index in [2.05, 4.69) is 0 Å². The van der Waals surface area contributed by atoms with Crippen molar-refractivity contribution in [2.24, 2.45) is 0 Å². The third-order valence-corrected chi connectivity index (χ3v) is 2.71. The molecule has 0 saturated heterocycles. The van der Waals surface area contributed by atoms with Gasteiger partial charge in [-0.3, -0.25) is 0 Å². The summed E-state index contributed by atoms with van der Waals surface area (Å²) in [7, 11) is 0. The second kappa shape index (κ2) is 5.01. The summed E-state index contributed by atoms with van der Waals surface area (Å²) in [6, 6.07) is 9.86. The lowest BCUT2D eigenvalue weighted by Gasteiger charge is -2.13. The Morgan fingerprint density at radius 3 is 2.37 bits per heavy atom. The largest absolute Gasteiger partial charge is 0.456 e. The summed E-state index contributed by atoms with van der Waals surface area (Å²) in [6.07, 6.45) is -4.52. The van der Waals surface area contributed by atoms with Crippen molar-refractivity contribution in [3.63, 3.8) is 0 Å². The van der Waals surface area contributed by atoms with E-state index in [1.54, 1.807) is 24.3 Å². The molecule has 100 valence electrons. The van der Waals surface area contributed by atoms with Gasteiger partial charge in [0.05, 0.1) is 10.6 Å². The first kappa shape index (κ1) is 13.5. The van der Waals surface area contributed by atoms with E-state index in [1.165, 1.54) is 6.07 Å². The highest BCUT2D eigenvalue weighted by molar-refractivity contribution is 6.32. The normalized spacial score (nSPS) is 11.4. The van der Waals surface area contributed by atoms with Crippen molar-refractivity contribution in [1.29, 1.82) is 0 Å². The molecule has 19 heavy (non-hydrogen) atoms. The van der Waals surface area contributed by atoms with Gasteiger partial charge in [-0.15, -0.1) is 0 Å². The van der Waals surface area contributed by atoms with Crippen molar-refractivity contribution in [2.45, 2.75) is 6.18 Å². The minimum Gasteiger partial charge on any atom is -0.456 e. The van der Waals surface area contributed by atoms with Crippen LogP contribution in [-0.4, -0.2) is 0 Å². The maximum absolute atomic E-state index is 12.7. The van der Waals surface area contributed by atoms with Crippen LogP contribution >= 0.6 is 11.6 Å². The Hall–Kier alpha value is -1.88. The summed E-state index contributed by atoms with van der Waals surface area (Å²) < 4.78 is 43.4. The molecule has 2 rings (SSSR count). The predicted molar refractivity (Wildman–Crippen MR) is 67.4 cm³/mol. The van der Waals surface area contributed by atoms with Crippen molar-refractivity contribution in [3.8, 4) is 11.5 Å². The van der Waals surface area contributed by atoms with Crippen LogP contribution in [0.4, 0.5) is 18.9 Å². The van der Waals surface area contributed by atoms with Crippen molar-refractivity contribution in [3.05, 3.63) is 53.1 Å². The molecule has 0 bridgehead atoms. The maximum Gasteiger partial charge on any atom is 0.418 e. The topological polar surface area (TPSA) is 35.2 Å². The van der Waals surface area contributed by atoms with Crippen LogP contribution in [0.2, 0.25) is 5.02 Å². The summed E-state index contributed by atoms with van der Waals surface area (Å²) in [4.78, 5) is 0. The Kier molecular flexibility index (Phi) is 3.57. The van der Waals surface area contributed by atoms with Crippen LogP contribution in [0.3, 0.4) is 0 Å². The molecule has 0 aromatic heterocycles. The smallest absolute Gasteiger partial charge is 0.418 e. The minimum absolute atomic E-state index is 0.0228. The molecular weight excluding hydrogens is 279 g/mol. The molecule has 2 N–H and O–H groups in total. The second-order valence-corrected chi connectivity index (χ2v) is 4.19. The molecule has 2 aromatic rings. The van der Waals surface area contributed by atoms with E-state index in [1.807, 2.05) is 0 Å². The lowest BCUT2D eigenvalue weighted by atomic mass is 10.1. The van der Waals surface area contributed by atoms with Crippen LogP contribution in [0.15, 0.2) is 42.5 Å². The first-order valence-electron chi connectivity index (χ1n) is 5.27. The van der Waals surface area contributed by atoms with E-state index < -0.39 is 11.7 Å². The number of halogens is 4. The van der Waals surface area contributed by atoms with E-state index >= 15 is 0 Å². The van der Waals surface area contributed by atoms with Crippen LogP contribution in [0.25, 0.3) is 0 Å². The first-order valence-corrected chi connectivity index (χ1v) is 5.65. The number of rotatable bonds is 2. The average Bonchev–Trinajstić information content (AvgIpc) is 2.33. The monoisotopic (exact) mass is 287 g/mol. The van der Waals surface area contributed by atoms with Crippen molar-refractivity contribution < 1.29 is 17.9 Å². The molecule has 2 nitrogen and oxygen atoms in total. The molecule has 0 heterocycles. The predicted octanol–water partition coefficient (Wildman–Crippen LogP) is 4.73. The van der Waals surface area contributed by atoms with Crippen molar-refractivity contribution in [1.82, 2.24) is 0 Å². The first-order chi connectivity index (χ1) is 8.88. The molecule has 0 amide bonds. The molecule has 0 aliphatic rings. The van der Waals surface area contributed by atoms with E-state index in [4.69, 9.17) is 22.1 Å². The fourth-order valence-electron chi connectivity index (χ4n) is 1.50. The SMILES string of the molecule is Nc1ccc(Oc2ccccc2Cl)cc1C(F)(F)F. The van der Waals surface area contributed by atoms with E-state index in [9.17, 15) is 13.2 Å². The molecule has 0 spiro atoms. The second-order valence-electron chi connectivity index (χ2n) is 3.78. The molecule has 0 saturated carbocycles. The molecule has 6 heteroatoms. The summed E-state index contributed by atoms with van der Waals surface area (Å²) >= 11 is 5.86. The number of nitrogen functional groups attached to an aromatic ring is 1. The van der Waals surface area contributed by atoms with Gasteiger partial charge in [0.1, 0.15) is 11.5 Å². The van der Waals surface area contributed by atoms with Gasteiger partial charge in [0, 0.05) is 5.69 Å². The Morgan fingerprint density at radius 2 is 1.74 bits per heavy atom. The Balaban J connectivity index is 2.35. The van der Waals surface area contributed by atoms with Gasteiger partial charge in [0.15, 0.2) is 0 Å². The number of ether oxygens (including phenoxy) is 1. The zero-order valence-corrected chi connectivity index (χ0v) is 10.3. The molecule has 0 atom stereocenters. The zero-order valence-electron chi connectivity index (χ0n) is 9.54. The summed E-state index contributed by atoms with van der Waals surface area (Å²) in [5, 5.41) is 0.313. The van der Waals surface area contributed by atoms with Crippen molar-refractivity contribution >= 4 is 17.3 Å². The van der Waals surface area contributed by atoms with Crippen LogP contribution in [-0.2, 0) is 6.18 Å². The van der Waals surface area contributed by atoms with Crippen LogP contribution in [0, 0.1) is 0 Å². The van der Waals surface area contributed by atoms with Gasteiger partial charge in [-0.2, -0.15) is 13.2 Å². The van der Waals surface area contributed by atoms with Gasteiger partial charge in [-0.05, 0) is 30.3 Å².